The lowest BCUT2D eigenvalue weighted by atomic mass is 9.87. The number of aromatic amines is 1. The van der Waals surface area contributed by atoms with Crippen LogP contribution in [0.3, 0.4) is 0 Å². The number of fused-ring (bicyclic) bond motifs is 4. The molecule has 1 heterocycles. The second-order valence-electron chi connectivity index (χ2n) is 7.57. The van der Waals surface area contributed by atoms with Crippen molar-refractivity contribution < 1.29 is 33.3 Å². The molecule has 0 unspecified atom stereocenters. The number of aromatic nitrogens is 1. The second kappa shape index (κ2) is 10.5. The SMILES string of the molecule is COCCOCCOCCOC(=O)Cc1ccc2[nH]c3c(c2c1)C(=O)c1ccccc1C3=O. The average molecular weight is 451 g/mol. The Hall–Kier alpha value is -3.33. The summed E-state index contributed by atoms with van der Waals surface area (Å²) >= 11 is 0. The maximum atomic E-state index is 13.1. The maximum Gasteiger partial charge on any atom is 0.310 e. The maximum absolute atomic E-state index is 13.1. The summed E-state index contributed by atoms with van der Waals surface area (Å²) in [5.41, 5.74) is 2.80. The third kappa shape index (κ3) is 5.03. The lowest BCUT2D eigenvalue weighted by Crippen LogP contribution is -2.20. The van der Waals surface area contributed by atoms with Crippen LogP contribution in [-0.4, -0.2) is 69.3 Å². The number of carbonyl (C=O) groups is 3. The average Bonchev–Trinajstić information content (AvgIpc) is 3.21. The molecule has 3 aromatic rings. The number of esters is 1. The first-order valence-corrected chi connectivity index (χ1v) is 10.7. The minimum Gasteiger partial charge on any atom is -0.463 e. The van der Waals surface area contributed by atoms with Gasteiger partial charge in [0.05, 0.1) is 50.7 Å². The minimum absolute atomic E-state index is 0.0503. The van der Waals surface area contributed by atoms with Gasteiger partial charge in [0.25, 0.3) is 0 Å². The molecule has 8 nitrogen and oxygen atoms in total. The van der Waals surface area contributed by atoms with Crippen LogP contribution in [0.5, 0.6) is 0 Å². The molecule has 0 fully saturated rings. The van der Waals surface area contributed by atoms with E-state index >= 15 is 0 Å². The highest BCUT2D eigenvalue weighted by Gasteiger charge is 2.32. The number of carbonyl (C=O) groups excluding carboxylic acids is 3. The highest BCUT2D eigenvalue weighted by atomic mass is 16.6. The standard InChI is InChI=1S/C25H25NO7/c1-30-8-9-31-10-11-32-12-13-33-21(27)15-16-6-7-20-19(14-16)22-23(26-20)25(29)18-5-3-2-4-17(18)24(22)28/h2-7,14,26H,8-13,15H2,1H3. The Morgan fingerprint density at radius 1 is 0.848 bits per heavy atom. The molecule has 0 saturated heterocycles. The molecule has 1 N–H and O–H groups in total. The van der Waals surface area contributed by atoms with E-state index in [1.165, 1.54) is 0 Å². The molecule has 0 saturated carbocycles. The summed E-state index contributed by atoms with van der Waals surface area (Å²) in [4.78, 5) is 41.2. The van der Waals surface area contributed by atoms with E-state index in [1.54, 1.807) is 49.6 Å². The van der Waals surface area contributed by atoms with Crippen molar-refractivity contribution in [2.75, 3.05) is 46.8 Å². The molecule has 0 atom stereocenters. The van der Waals surface area contributed by atoms with E-state index in [0.717, 1.165) is 0 Å². The Morgan fingerprint density at radius 2 is 1.52 bits per heavy atom. The molecule has 4 rings (SSSR count). The molecule has 1 aliphatic rings. The molecule has 2 aromatic carbocycles. The number of ether oxygens (including phenoxy) is 4. The van der Waals surface area contributed by atoms with Gasteiger partial charge < -0.3 is 23.9 Å². The van der Waals surface area contributed by atoms with Crippen molar-refractivity contribution in [1.82, 2.24) is 4.98 Å². The van der Waals surface area contributed by atoms with E-state index in [0.29, 0.717) is 59.6 Å². The highest BCUT2D eigenvalue weighted by molar-refractivity contribution is 6.32. The summed E-state index contributed by atoms with van der Waals surface area (Å²) in [5.74, 6) is -0.803. The van der Waals surface area contributed by atoms with Crippen LogP contribution < -0.4 is 0 Å². The lowest BCUT2D eigenvalue weighted by Gasteiger charge is -2.14. The zero-order valence-corrected chi connectivity index (χ0v) is 18.3. The van der Waals surface area contributed by atoms with Crippen molar-refractivity contribution in [3.63, 3.8) is 0 Å². The number of methoxy groups -OCH3 is 1. The minimum atomic E-state index is -0.397. The van der Waals surface area contributed by atoms with Crippen molar-refractivity contribution in [2.24, 2.45) is 0 Å². The molecule has 1 aromatic heterocycles. The number of hydrogen-bond acceptors (Lipinski definition) is 7. The molecule has 0 bridgehead atoms. The zero-order valence-electron chi connectivity index (χ0n) is 18.3. The molecular formula is C25H25NO7. The zero-order chi connectivity index (χ0) is 23.2. The predicted octanol–water partition coefficient (Wildman–Crippen LogP) is 2.71. The van der Waals surface area contributed by atoms with Gasteiger partial charge in [0.15, 0.2) is 5.78 Å². The van der Waals surface area contributed by atoms with Gasteiger partial charge in [0.1, 0.15) is 6.61 Å². The van der Waals surface area contributed by atoms with Crippen LogP contribution in [0.2, 0.25) is 0 Å². The molecule has 172 valence electrons. The Morgan fingerprint density at radius 3 is 2.24 bits per heavy atom. The summed E-state index contributed by atoms with van der Waals surface area (Å²) in [7, 11) is 1.61. The van der Waals surface area contributed by atoms with E-state index in [4.69, 9.17) is 18.9 Å². The topological polar surface area (TPSA) is 104 Å². The van der Waals surface area contributed by atoms with Crippen LogP contribution in [-0.2, 0) is 30.2 Å². The van der Waals surface area contributed by atoms with E-state index in [1.807, 2.05) is 0 Å². The monoisotopic (exact) mass is 451 g/mol. The van der Waals surface area contributed by atoms with Gasteiger partial charge in [-0.25, -0.2) is 0 Å². The molecule has 33 heavy (non-hydrogen) atoms. The fourth-order valence-corrected chi connectivity index (χ4v) is 3.80. The summed E-state index contributed by atoms with van der Waals surface area (Å²) in [6.07, 6.45) is 0.0503. The molecule has 0 spiro atoms. The molecule has 8 heteroatoms. The van der Waals surface area contributed by atoms with Crippen LogP contribution in [0.1, 0.15) is 37.5 Å². The second-order valence-corrected chi connectivity index (χ2v) is 7.57. The quantitative estimate of drug-likeness (QED) is 0.276. The third-order valence-corrected chi connectivity index (χ3v) is 5.38. The molecule has 1 aliphatic carbocycles. The summed E-state index contributed by atoms with van der Waals surface area (Å²) in [5, 5.41) is 0.625. The van der Waals surface area contributed by atoms with Crippen LogP contribution in [0, 0.1) is 0 Å². The summed E-state index contributed by atoms with van der Waals surface area (Å²) < 4.78 is 20.7. The molecular weight excluding hydrogens is 426 g/mol. The Balaban J connectivity index is 1.35. The van der Waals surface area contributed by atoms with Crippen LogP contribution in [0.4, 0.5) is 0 Å². The smallest absolute Gasteiger partial charge is 0.310 e. The van der Waals surface area contributed by atoms with Gasteiger partial charge in [-0.05, 0) is 17.7 Å². The van der Waals surface area contributed by atoms with Crippen LogP contribution >= 0.6 is 0 Å². The van der Waals surface area contributed by atoms with Gasteiger partial charge in [-0.3, -0.25) is 14.4 Å². The normalized spacial score (nSPS) is 12.6. The van der Waals surface area contributed by atoms with E-state index in [-0.39, 0.29) is 36.9 Å². The first-order valence-electron chi connectivity index (χ1n) is 10.7. The molecule has 0 aliphatic heterocycles. The van der Waals surface area contributed by atoms with Crippen LogP contribution in [0.25, 0.3) is 10.9 Å². The molecule has 0 amide bonds. The van der Waals surface area contributed by atoms with Gasteiger partial charge in [0.2, 0.25) is 5.78 Å². The van der Waals surface area contributed by atoms with Gasteiger partial charge in [-0.1, -0.05) is 30.3 Å². The van der Waals surface area contributed by atoms with E-state index in [9.17, 15) is 14.4 Å². The third-order valence-electron chi connectivity index (χ3n) is 5.38. The predicted molar refractivity (Wildman–Crippen MR) is 120 cm³/mol. The number of H-pyrrole nitrogens is 1. The first-order chi connectivity index (χ1) is 16.1. The van der Waals surface area contributed by atoms with Crippen LogP contribution in [0.15, 0.2) is 42.5 Å². The van der Waals surface area contributed by atoms with Gasteiger partial charge in [0, 0.05) is 29.1 Å². The number of hydrogen-bond donors (Lipinski definition) is 1. The van der Waals surface area contributed by atoms with Crippen molar-refractivity contribution >= 4 is 28.4 Å². The Bertz CT molecular complexity index is 1180. The van der Waals surface area contributed by atoms with Gasteiger partial charge in [-0.15, -0.1) is 0 Å². The number of ketones is 2. The summed E-state index contributed by atoms with van der Waals surface area (Å²) in [6.45, 7) is 2.32. The van der Waals surface area contributed by atoms with Crippen molar-refractivity contribution in [3.05, 3.63) is 70.4 Å². The van der Waals surface area contributed by atoms with Crippen molar-refractivity contribution in [2.45, 2.75) is 6.42 Å². The van der Waals surface area contributed by atoms with Gasteiger partial charge >= 0.3 is 5.97 Å². The Kier molecular flexibility index (Phi) is 7.29. The van der Waals surface area contributed by atoms with Crippen molar-refractivity contribution in [1.29, 1.82) is 0 Å². The van der Waals surface area contributed by atoms with Gasteiger partial charge in [-0.2, -0.15) is 0 Å². The number of rotatable bonds is 11. The van der Waals surface area contributed by atoms with E-state index in [2.05, 4.69) is 4.98 Å². The lowest BCUT2D eigenvalue weighted by molar-refractivity contribution is -0.144. The van der Waals surface area contributed by atoms with Crippen molar-refractivity contribution in [3.8, 4) is 0 Å². The first kappa shape index (κ1) is 22.8. The molecule has 0 radical (unpaired) electrons. The summed E-state index contributed by atoms with van der Waals surface area (Å²) in [6, 6.07) is 12.1. The fourth-order valence-electron chi connectivity index (χ4n) is 3.80. The highest BCUT2D eigenvalue weighted by Crippen LogP contribution is 2.33. The Labute approximate surface area is 190 Å². The number of nitrogens with one attached hydrogen (secondary N) is 1. The fraction of sp³-hybridized carbons (Fsp3) is 0.320. The number of benzene rings is 2. The largest absolute Gasteiger partial charge is 0.463 e. The van der Waals surface area contributed by atoms with E-state index < -0.39 is 5.97 Å².